The molecule has 0 spiro atoms. The van der Waals surface area contributed by atoms with Gasteiger partial charge >= 0.3 is 0 Å². The number of hydrogen-bond donors (Lipinski definition) is 6. The van der Waals surface area contributed by atoms with Gasteiger partial charge in [-0.15, -0.1) is 0 Å². The highest BCUT2D eigenvalue weighted by atomic mass is 16.5. The lowest BCUT2D eigenvalue weighted by molar-refractivity contribution is -0.114. The zero-order valence-electron chi connectivity index (χ0n) is 29.7. The van der Waals surface area contributed by atoms with Gasteiger partial charge in [-0.25, -0.2) is 0 Å². The Kier molecular flexibility index (Phi) is 14.8. The number of likely N-dealkylation sites (N-methyl/N-ethyl adjacent to an activating group) is 1. The molecule has 50 heavy (non-hydrogen) atoms. The zero-order chi connectivity index (χ0) is 35.9. The number of rotatable bonds is 18. The number of fused-ring (bicyclic) bond motifs is 3. The molecule has 1 heterocycles. The number of phenolic OH excluding ortho intramolecular Hbond substituents is 1. The van der Waals surface area contributed by atoms with E-state index in [0.717, 1.165) is 30.4 Å². The molecule has 2 aromatic rings. The van der Waals surface area contributed by atoms with Gasteiger partial charge in [0.1, 0.15) is 11.7 Å². The van der Waals surface area contributed by atoms with Crippen LogP contribution < -0.4 is 35.9 Å². The number of nitrogens with two attached hydrogens (primary N) is 1. The molecule has 4 rings (SSSR count). The van der Waals surface area contributed by atoms with E-state index >= 15 is 0 Å². The van der Waals surface area contributed by atoms with Gasteiger partial charge in [0.05, 0.1) is 25.6 Å². The number of nitrogens with zero attached hydrogens (tertiary/aromatic N) is 1. The lowest BCUT2D eigenvalue weighted by Gasteiger charge is -2.32. The van der Waals surface area contributed by atoms with E-state index in [1.165, 1.54) is 7.11 Å². The van der Waals surface area contributed by atoms with Crippen LogP contribution in [0.2, 0.25) is 0 Å². The lowest BCUT2D eigenvalue weighted by Crippen LogP contribution is -2.43. The molecule has 12 nitrogen and oxygen atoms in total. The first-order valence-electron chi connectivity index (χ1n) is 17.3. The summed E-state index contributed by atoms with van der Waals surface area (Å²) in [5, 5.41) is 28.9. The number of aliphatic hydroxyl groups is 1. The highest BCUT2D eigenvalue weighted by Gasteiger charge is 2.47. The van der Waals surface area contributed by atoms with Crippen LogP contribution in [0.4, 0.5) is 5.69 Å². The molecule has 12 heteroatoms. The van der Waals surface area contributed by atoms with Gasteiger partial charge in [0.15, 0.2) is 29.0 Å². The molecule has 7 N–H and O–H groups in total. The monoisotopic (exact) mass is 691 g/mol. The van der Waals surface area contributed by atoms with E-state index in [9.17, 15) is 15.0 Å². The summed E-state index contributed by atoms with van der Waals surface area (Å²) in [6, 6.07) is 9.06. The fraction of sp³-hybridized carbons (Fsp3) is 0.526. The van der Waals surface area contributed by atoms with Crippen LogP contribution in [0, 0.1) is 23.9 Å². The maximum atomic E-state index is 12.6. The molecule has 1 fully saturated rings. The van der Waals surface area contributed by atoms with Crippen molar-refractivity contribution in [3.63, 3.8) is 0 Å². The Morgan fingerprint density at radius 2 is 2.08 bits per heavy atom. The number of methoxy groups -OCH3 is 1. The number of guanidine groups is 1. The first-order valence-corrected chi connectivity index (χ1v) is 17.3. The summed E-state index contributed by atoms with van der Waals surface area (Å²) in [5.41, 5.74) is 8.11. The van der Waals surface area contributed by atoms with Crippen molar-refractivity contribution in [1.29, 1.82) is 0 Å². The highest BCUT2D eigenvalue weighted by molar-refractivity contribution is 5.94. The summed E-state index contributed by atoms with van der Waals surface area (Å²) in [4.78, 5) is 16.7. The van der Waals surface area contributed by atoms with Crippen LogP contribution in [0.15, 0.2) is 47.5 Å². The van der Waals surface area contributed by atoms with Gasteiger partial charge < -0.3 is 45.5 Å². The maximum Gasteiger partial charge on any atom is 0.205 e. The number of phenols is 1. The van der Waals surface area contributed by atoms with Gasteiger partial charge in [-0.05, 0) is 106 Å². The van der Waals surface area contributed by atoms with Crippen LogP contribution >= 0.6 is 0 Å². The van der Waals surface area contributed by atoms with E-state index < -0.39 is 11.7 Å². The van der Waals surface area contributed by atoms with Crippen LogP contribution in [-0.4, -0.2) is 81.3 Å². The van der Waals surface area contributed by atoms with Crippen molar-refractivity contribution in [2.75, 3.05) is 52.9 Å². The summed E-state index contributed by atoms with van der Waals surface area (Å²) in [7, 11) is 5.04. The van der Waals surface area contributed by atoms with Gasteiger partial charge in [0.2, 0.25) is 5.75 Å². The van der Waals surface area contributed by atoms with E-state index in [1.54, 1.807) is 38.2 Å². The molecular formula is C38H53N5O7. The number of anilines is 1. The van der Waals surface area contributed by atoms with Crippen molar-refractivity contribution in [2.24, 2.45) is 22.6 Å². The summed E-state index contributed by atoms with van der Waals surface area (Å²) in [6.45, 7) is 3.87. The molecule has 1 aliphatic heterocycles. The van der Waals surface area contributed by atoms with Crippen LogP contribution in [0.1, 0.15) is 56.6 Å². The predicted octanol–water partition coefficient (Wildman–Crippen LogP) is 3.89. The molecule has 0 aromatic heterocycles. The van der Waals surface area contributed by atoms with Gasteiger partial charge in [-0.2, -0.15) is 0 Å². The van der Waals surface area contributed by atoms with E-state index in [4.69, 9.17) is 24.7 Å². The number of hydrogen-bond acceptors (Lipinski definition) is 10. The van der Waals surface area contributed by atoms with E-state index in [1.807, 2.05) is 25.3 Å². The second kappa shape index (κ2) is 19.2. The third kappa shape index (κ3) is 11.4. The van der Waals surface area contributed by atoms with Crippen LogP contribution in [0.25, 0.3) is 0 Å². The average Bonchev–Trinajstić information content (AvgIpc) is 3.42. The number of ketones is 1. The molecule has 0 amide bonds. The number of ether oxygens (including phenoxy) is 4. The number of aromatic hydroxyl groups is 1. The Bertz CT molecular complexity index is 1550. The van der Waals surface area contributed by atoms with Gasteiger partial charge in [-0.1, -0.05) is 18.1 Å². The number of carbonyl (C=O) groups is 1. The molecule has 0 radical (unpaired) electrons. The van der Waals surface area contributed by atoms with E-state index in [2.05, 4.69) is 33.0 Å². The van der Waals surface area contributed by atoms with Gasteiger partial charge in [-0.3, -0.25) is 15.1 Å². The first kappa shape index (κ1) is 38.5. The number of carbonyl (C=O) groups excluding carboxylic acids is 1. The molecule has 0 saturated heterocycles. The van der Waals surface area contributed by atoms with Crippen molar-refractivity contribution in [3.05, 3.63) is 53.6 Å². The molecule has 2 aromatic carbocycles. The molecule has 4 atom stereocenters. The summed E-state index contributed by atoms with van der Waals surface area (Å²) in [6.07, 6.45) is 11.4. The van der Waals surface area contributed by atoms with Crippen LogP contribution in [-0.2, 0) is 22.4 Å². The number of allylic oxidation sites excluding steroid dienone is 2. The molecule has 2 bridgehead atoms. The maximum absolute atomic E-state index is 12.6. The first-order chi connectivity index (χ1) is 24.1. The van der Waals surface area contributed by atoms with E-state index in [-0.39, 0.29) is 17.5 Å². The minimum absolute atomic E-state index is 0.0212. The van der Waals surface area contributed by atoms with Crippen molar-refractivity contribution < 1.29 is 34.0 Å². The predicted molar refractivity (Wildman–Crippen MR) is 195 cm³/mol. The third-order valence-corrected chi connectivity index (χ3v) is 9.05. The largest absolute Gasteiger partial charge is 0.504 e. The Hall–Kier alpha value is -4.28. The Morgan fingerprint density at radius 3 is 2.84 bits per heavy atom. The average molecular weight is 692 g/mol. The standard InChI is InChI=1S/C38H53N5O7/c1-26(44)23-42-25-48-17-15-30-22-38(24-40-2)21-29(30)9-7-16-49-36-32(43-37(39)41-3)18-28(20-35(36)50-38)8-5-6-10-31(45)13-11-27-12-14-33(46)34(19-27)47-4/h6,10,12,14,18-20,26,29-30,40,42,44,46H,5,8-9,11,13,15,17,21-25H2,1-4H3,(H3,39,41,43)/b10-6+/t26-,29-,30+,38+/m0/s1. The normalized spacial score (nSPS) is 20.6. The molecule has 2 aliphatic rings. The SMILES string of the molecule is CN=C(N)Nc1cc(CC/C=C/C(=O)CCc2ccc(O)c(OC)c2)cc2c1OC#CC[C@H]1C[C@](CNC)(C[C@H]1CCOCNC[C@H](C)O)O2. The lowest BCUT2D eigenvalue weighted by atomic mass is 9.91. The Labute approximate surface area is 295 Å². The fourth-order valence-electron chi connectivity index (χ4n) is 6.64. The van der Waals surface area contributed by atoms with Crippen LogP contribution in [0.3, 0.4) is 0 Å². The smallest absolute Gasteiger partial charge is 0.205 e. The number of aliphatic imine (C=N–C) groups is 1. The van der Waals surface area contributed by atoms with Gasteiger partial charge in [0.25, 0.3) is 0 Å². The minimum atomic E-state index is -0.486. The second-order valence-electron chi connectivity index (χ2n) is 13.1. The third-order valence-electron chi connectivity index (χ3n) is 9.05. The van der Waals surface area contributed by atoms with Crippen molar-refractivity contribution in [3.8, 4) is 35.0 Å². The molecule has 1 aliphatic carbocycles. The number of benzene rings is 2. The summed E-state index contributed by atoms with van der Waals surface area (Å²) in [5.74, 6) is 5.65. The van der Waals surface area contributed by atoms with Crippen molar-refractivity contribution in [2.45, 2.75) is 70.0 Å². The minimum Gasteiger partial charge on any atom is -0.504 e. The van der Waals surface area contributed by atoms with Crippen LogP contribution in [0.5, 0.6) is 23.0 Å². The van der Waals surface area contributed by atoms with Crippen molar-refractivity contribution >= 4 is 17.4 Å². The van der Waals surface area contributed by atoms with E-state index in [0.29, 0.717) is 93.3 Å². The summed E-state index contributed by atoms with van der Waals surface area (Å²) >= 11 is 0. The molecular weight excluding hydrogens is 638 g/mol. The summed E-state index contributed by atoms with van der Waals surface area (Å²) < 4.78 is 24.0. The molecule has 1 saturated carbocycles. The number of aryl methyl sites for hydroxylation is 2. The topological polar surface area (TPSA) is 169 Å². The highest BCUT2D eigenvalue weighted by Crippen LogP contribution is 2.48. The zero-order valence-corrected chi connectivity index (χ0v) is 29.7. The van der Waals surface area contributed by atoms with Gasteiger partial charge in [0, 0.05) is 39.6 Å². The Morgan fingerprint density at radius 1 is 1.24 bits per heavy atom. The number of aliphatic hydroxyl groups excluding tert-OH is 1. The Balaban J connectivity index is 1.47. The second-order valence-corrected chi connectivity index (χ2v) is 13.1. The van der Waals surface area contributed by atoms with Crippen molar-refractivity contribution in [1.82, 2.24) is 10.6 Å². The molecule has 0 unspecified atom stereocenters. The fourth-order valence-corrected chi connectivity index (χ4v) is 6.64. The number of nitrogens with one attached hydrogen (secondary N) is 3. The molecule has 272 valence electrons. The quantitative estimate of drug-likeness (QED) is 0.0335.